The summed E-state index contributed by atoms with van der Waals surface area (Å²) in [6.45, 7) is 4.59. The van der Waals surface area contributed by atoms with Gasteiger partial charge in [-0.3, -0.25) is 0 Å². The van der Waals surface area contributed by atoms with Crippen molar-refractivity contribution in [2.45, 2.75) is 32.5 Å². The summed E-state index contributed by atoms with van der Waals surface area (Å²) < 4.78 is 16.7. The summed E-state index contributed by atoms with van der Waals surface area (Å²) in [7, 11) is 0. The molecule has 1 atom stereocenters. The van der Waals surface area contributed by atoms with Gasteiger partial charge in [-0.25, -0.2) is 9.59 Å². The second-order valence-corrected chi connectivity index (χ2v) is 6.77. The monoisotopic (exact) mass is 384 g/mol. The van der Waals surface area contributed by atoms with Crippen molar-refractivity contribution in [2.24, 2.45) is 0 Å². The molecule has 0 radical (unpaired) electrons. The molecule has 148 valence electrons. The lowest BCUT2D eigenvalue weighted by atomic mass is 10.1. The fraction of sp³-hybridized carbons (Fsp3) is 0.333. The van der Waals surface area contributed by atoms with E-state index in [0.717, 1.165) is 5.56 Å². The molecule has 0 saturated heterocycles. The van der Waals surface area contributed by atoms with Crippen molar-refractivity contribution in [2.75, 3.05) is 13.2 Å². The highest BCUT2D eigenvalue weighted by atomic mass is 16.6. The van der Waals surface area contributed by atoms with Gasteiger partial charge in [0.2, 0.25) is 0 Å². The van der Waals surface area contributed by atoms with E-state index in [-0.39, 0.29) is 24.8 Å². The molecule has 7 heteroatoms. The number of carbonyl (C=O) groups excluding carboxylic acids is 2. The number of benzene rings is 2. The second-order valence-electron chi connectivity index (χ2n) is 6.77. The summed E-state index contributed by atoms with van der Waals surface area (Å²) in [6.07, 6.45) is -0.346. The predicted octanol–water partition coefficient (Wildman–Crippen LogP) is 2.89. The number of rotatable bonds is 6. The molecule has 0 bridgehead atoms. The quantitative estimate of drug-likeness (QED) is 0.748. The Morgan fingerprint density at radius 3 is 2.54 bits per heavy atom. The van der Waals surface area contributed by atoms with Crippen LogP contribution in [-0.2, 0) is 11.3 Å². The minimum absolute atomic E-state index is 0.0733. The third-order valence-corrected chi connectivity index (χ3v) is 4.03. The van der Waals surface area contributed by atoms with Crippen molar-refractivity contribution in [1.82, 2.24) is 10.6 Å². The molecular formula is C21H24N2O5. The average molecular weight is 384 g/mol. The van der Waals surface area contributed by atoms with Crippen molar-refractivity contribution in [3.05, 3.63) is 59.7 Å². The van der Waals surface area contributed by atoms with Crippen LogP contribution in [0, 0.1) is 0 Å². The smallest absolute Gasteiger partial charge is 0.338 e. The summed E-state index contributed by atoms with van der Waals surface area (Å²) in [5.41, 5.74) is 1.32. The van der Waals surface area contributed by atoms with Gasteiger partial charge in [-0.2, -0.15) is 0 Å². The van der Waals surface area contributed by atoms with E-state index in [0.29, 0.717) is 30.2 Å². The zero-order valence-corrected chi connectivity index (χ0v) is 15.9. The fourth-order valence-corrected chi connectivity index (χ4v) is 2.65. The molecule has 0 unspecified atom stereocenters. The summed E-state index contributed by atoms with van der Waals surface area (Å²) >= 11 is 0. The van der Waals surface area contributed by atoms with E-state index in [2.05, 4.69) is 10.6 Å². The van der Waals surface area contributed by atoms with Crippen LogP contribution in [0.4, 0.5) is 4.79 Å². The first-order valence-corrected chi connectivity index (χ1v) is 9.20. The van der Waals surface area contributed by atoms with E-state index in [1.807, 2.05) is 38.1 Å². The summed E-state index contributed by atoms with van der Waals surface area (Å²) in [6, 6.07) is 14.1. The number of carbonyl (C=O) groups is 2. The number of hydrogen-bond acceptors (Lipinski definition) is 5. The maximum absolute atomic E-state index is 12.2. The number of ether oxygens (including phenoxy) is 3. The molecule has 7 nitrogen and oxygen atoms in total. The van der Waals surface area contributed by atoms with Crippen LogP contribution in [0.5, 0.6) is 11.5 Å². The Morgan fingerprint density at radius 2 is 1.82 bits per heavy atom. The van der Waals surface area contributed by atoms with Gasteiger partial charge in [0.25, 0.3) is 0 Å². The zero-order chi connectivity index (χ0) is 19.9. The molecule has 3 rings (SSSR count). The Labute approximate surface area is 164 Å². The molecule has 2 N–H and O–H groups in total. The molecule has 1 aliphatic heterocycles. The lowest BCUT2D eigenvalue weighted by molar-refractivity contribution is 0.0110. The van der Waals surface area contributed by atoms with E-state index in [1.165, 1.54) is 0 Å². The molecule has 0 fully saturated rings. The van der Waals surface area contributed by atoms with Gasteiger partial charge in [0.05, 0.1) is 5.56 Å². The lowest BCUT2D eigenvalue weighted by Gasteiger charge is -2.26. The second kappa shape index (κ2) is 9.12. The van der Waals surface area contributed by atoms with Gasteiger partial charge in [-0.1, -0.05) is 24.3 Å². The minimum Gasteiger partial charge on any atom is -0.486 e. The molecule has 0 aromatic heterocycles. The molecule has 2 aromatic rings. The first-order valence-electron chi connectivity index (χ1n) is 9.20. The average Bonchev–Trinajstić information content (AvgIpc) is 2.70. The number of nitrogens with one attached hydrogen (secondary N) is 2. The Balaban J connectivity index is 1.45. The van der Waals surface area contributed by atoms with Crippen molar-refractivity contribution in [3.63, 3.8) is 0 Å². The van der Waals surface area contributed by atoms with E-state index in [9.17, 15) is 9.59 Å². The summed E-state index contributed by atoms with van der Waals surface area (Å²) in [5.74, 6) is 0.907. The topological polar surface area (TPSA) is 85.9 Å². The fourth-order valence-electron chi connectivity index (χ4n) is 2.65. The number of fused-ring (bicyclic) bond motifs is 1. The molecule has 1 aliphatic rings. The number of para-hydroxylation sites is 2. The Bertz CT molecular complexity index is 820. The van der Waals surface area contributed by atoms with E-state index in [1.54, 1.807) is 24.3 Å². The predicted molar refractivity (Wildman–Crippen MR) is 104 cm³/mol. The van der Waals surface area contributed by atoms with Gasteiger partial charge in [0.1, 0.15) is 13.2 Å². The molecule has 2 amide bonds. The SMILES string of the molecule is CC(C)NC(=O)NCc1ccc(C(=O)OC[C@@H]2COc3ccccc3O2)cc1. The Kier molecular flexibility index (Phi) is 6.37. The normalized spacial score (nSPS) is 15.0. The lowest BCUT2D eigenvalue weighted by Crippen LogP contribution is -2.39. The van der Waals surface area contributed by atoms with Gasteiger partial charge in [0, 0.05) is 12.6 Å². The molecule has 1 heterocycles. The van der Waals surface area contributed by atoms with Crippen LogP contribution in [0.15, 0.2) is 48.5 Å². The van der Waals surface area contributed by atoms with Gasteiger partial charge in [0.15, 0.2) is 17.6 Å². The van der Waals surface area contributed by atoms with Crippen molar-refractivity contribution < 1.29 is 23.8 Å². The molecule has 28 heavy (non-hydrogen) atoms. The highest BCUT2D eigenvalue weighted by Gasteiger charge is 2.22. The zero-order valence-electron chi connectivity index (χ0n) is 15.9. The minimum atomic E-state index is -0.431. The third-order valence-electron chi connectivity index (χ3n) is 4.03. The molecular weight excluding hydrogens is 360 g/mol. The van der Waals surface area contributed by atoms with Gasteiger partial charge in [-0.05, 0) is 43.7 Å². The first kappa shape index (κ1) is 19.5. The van der Waals surface area contributed by atoms with Gasteiger partial charge < -0.3 is 24.8 Å². The van der Waals surface area contributed by atoms with Crippen LogP contribution < -0.4 is 20.1 Å². The van der Waals surface area contributed by atoms with E-state index >= 15 is 0 Å². The maximum Gasteiger partial charge on any atom is 0.338 e. The van der Waals surface area contributed by atoms with Crippen LogP contribution in [0.25, 0.3) is 0 Å². The van der Waals surface area contributed by atoms with Crippen molar-refractivity contribution in [1.29, 1.82) is 0 Å². The molecule has 0 saturated carbocycles. The summed E-state index contributed by atoms with van der Waals surface area (Å²) in [5, 5.41) is 5.51. The molecule has 0 spiro atoms. The summed E-state index contributed by atoms with van der Waals surface area (Å²) in [4.78, 5) is 23.8. The van der Waals surface area contributed by atoms with Gasteiger partial charge in [-0.15, -0.1) is 0 Å². The maximum atomic E-state index is 12.2. The largest absolute Gasteiger partial charge is 0.486 e. The number of esters is 1. The number of amides is 2. The van der Waals surface area contributed by atoms with E-state index < -0.39 is 5.97 Å². The Hall–Kier alpha value is -3.22. The molecule has 0 aliphatic carbocycles. The highest BCUT2D eigenvalue weighted by molar-refractivity contribution is 5.89. The standard InChI is InChI=1S/C21H24N2O5/c1-14(2)23-21(25)22-11-15-7-9-16(10-8-15)20(24)27-13-17-12-26-18-5-3-4-6-19(18)28-17/h3-10,14,17H,11-13H2,1-2H3,(H2,22,23,25)/t17-/m0/s1. The first-order chi connectivity index (χ1) is 13.5. The highest BCUT2D eigenvalue weighted by Crippen LogP contribution is 2.30. The van der Waals surface area contributed by atoms with E-state index in [4.69, 9.17) is 14.2 Å². The van der Waals surface area contributed by atoms with Crippen molar-refractivity contribution in [3.8, 4) is 11.5 Å². The van der Waals surface area contributed by atoms with Crippen LogP contribution in [0.3, 0.4) is 0 Å². The number of urea groups is 1. The third kappa shape index (κ3) is 5.39. The van der Waals surface area contributed by atoms with Crippen LogP contribution in [-0.4, -0.2) is 37.4 Å². The number of hydrogen-bond donors (Lipinski definition) is 2. The van der Waals surface area contributed by atoms with Crippen LogP contribution in [0.2, 0.25) is 0 Å². The van der Waals surface area contributed by atoms with Crippen LogP contribution in [0.1, 0.15) is 29.8 Å². The van der Waals surface area contributed by atoms with Crippen molar-refractivity contribution >= 4 is 12.0 Å². The molecule has 2 aromatic carbocycles. The van der Waals surface area contributed by atoms with Gasteiger partial charge >= 0.3 is 12.0 Å². The Morgan fingerprint density at radius 1 is 1.11 bits per heavy atom. The van der Waals surface area contributed by atoms with Crippen LogP contribution >= 0.6 is 0 Å².